The van der Waals surface area contributed by atoms with Crippen molar-refractivity contribution in [1.29, 1.82) is 0 Å². The number of rotatable bonds is 17. The predicted molar refractivity (Wildman–Crippen MR) is 207 cm³/mol. The number of para-hydroxylation sites is 1. The normalized spacial score (nSPS) is 21.7. The molecule has 0 radical (unpaired) electrons. The van der Waals surface area contributed by atoms with E-state index in [4.69, 9.17) is 29.6 Å². The van der Waals surface area contributed by atoms with Crippen LogP contribution in [0.4, 0.5) is 0 Å². The van der Waals surface area contributed by atoms with E-state index in [-0.39, 0.29) is 49.1 Å². The number of carbonyl (C=O) groups excluding carboxylic acids is 3. The lowest BCUT2D eigenvalue weighted by Crippen LogP contribution is -2.43. The summed E-state index contributed by atoms with van der Waals surface area (Å²) >= 11 is 0. The Morgan fingerprint density at radius 1 is 1.04 bits per heavy atom. The Labute approximate surface area is 321 Å². The molecule has 3 fully saturated rings. The van der Waals surface area contributed by atoms with Crippen LogP contribution in [0.3, 0.4) is 0 Å². The highest BCUT2D eigenvalue weighted by Crippen LogP contribution is 2.44. The van der Waals surface area contributed by atoms with Gasteiger partial charge in [-0.1, -0.05) is 37.1 Å². The van der Waals surface area contributed by atoms with Crippen LogP contribution in [0.1, 0.15) is 85.0 Å². The highest BCUT2D eigenvalue weighted by atomic mass is 32.2. The summed E-state index contributed by atoms with van der Waals surface area (Å²) in [5, 5.41) is 0.814. The number of nitrogens with zero attached hydrogens (tertiary/aromatic N) is 3. The molecule has 13 nitrogen and oxygen atoms in total. The summed E-state index contributed by atoms with van der Waals surface area (Å²) in [7, 11) is -3.60. The lowest BCUT2D eigenvalue weighted by Gasteiger charge is -2.21. The van der Waals surface area contributed by atoms with E-state index >= 15 is 0 Å². The summed E-state index contributed by atoms with van der Waals surface area (Å²) in [6.07, 6.45) is 10.1. The molecule has 2 saturated carbocycles. The monoisotopic (exact) mass is 771 g/mol. The second-order valence-corrected chi connectivity index (χ2v) is 17.8. The van der Waals surface area contributed by atoms with Gasteiger partial charge in [-0.15, -0.1) is 0 Å². The van der Waals surface area contributed by atoms with Crippen molar-refractivity contribution < 1.29 is 36.7 Å². The number of hydrogen-bond donors (Lipinski definition) is 2. The van der Waals surface area contributed by atoms with Crippen LogP contribution in [0, 0.1) is 11.8 Å². The molecule has 0 unspecified atom stereocenters. The van der Waals surface area contributed by atoms with E-state index < -0.39 is 38.7 Å². The van der Waals surface area contributed by atoms with Gasteiger partial charge >= 0.3 is 0 Å². The number of sulfonamides is 1. The largest absolute Gasteiger partial charge is 0.491 e. The molecule has 292 valence electrons. The summed E-state index contributed by atoms with van der Waals surface area (Å²) in [6, 6.07) is 14.3. The second-order valence-electron chi connectivity index (χ2n) is 15.6. The van der Waals surface area contributed by atoms with Crippen LogP contribution in [-0.4, -0.2) is 70.5 Å². The predicted octanol–water partition coefficient (Wildman–Crippen LogP) is 6.20. The third kappa shape index (κ3) is 8.64. The maximum atomic E-state index is 13.4. The number of primary amides is 1. The van der Waals surface area contributed by atoms with Gasteiger partial charge in [0.1, 0.15) is 29.0 Å². The van der Waals surface area contributed by atoms with E-state index in [0.29, 0.717) is 48.2 Å². The molecule has 2 aromatic heterocycles. The molecule has 55 heavy (non-hydrogen) atoms. The van der Waals surface area contributed by atoms with Crippen LogP contribution in [0.5, 0.6) is 11.6 Å². The van der Waals surface area contributed by atoms with Crippen LogP contribution >= 0.6 is 0 Å². The number of fused-ring (bicyclic) bond motifs is 3. The Balaban J connectivity index is 0.913. The third-order valence-electron chi connectivity index (χ3n) is 10.8. The number of unbranched alkanes of at least 4 members (excludes halogenated alkanes) is 4. The van der Waals surface area contributed by atoms with Crippen molar-refractivity contribution in [3.8, 4) is 23.0 Å². The first-order chi connectivity index (χ1) is 26.3. The standard InChI is InChI=1S/C41H49N5O8S/c1-25(2)52-28-18-16-26(17-19-28)38-43-35-30-13-10-11-14-33(30)54-36(35)40(44-38)53-29-23-32(37(42)48)46(24-29)34(47)15-9-7-5-4-6-8-12-27-22-31(27)39(49)45-55(50,51)41(3)20-21-41/h8,10-14,16-19,25,27,29,31-32H,4-7,9,15,20-24H2,1-3H3,(H2,42,48)(H,45,49)/b12-8-/t27-,29-,31+,32+/m1/s1. The van der Waals surface area contributed by atoms with Crippen molar-refractivity contribution in [1.82, 2.24) is 19.6 Å². The first kappa shape index (κ1) is 38.3. The molecule has 2 aromatic carbocycles. The molecule has 0 bridgehead atoms. The van der Waals surface area contributed by atoms with Crippen molar-refractivity contribution in [2.75, 3.05) is 6.54 Å². The van der Waals surface area contributed by atoms with Crippen LogP contribution < -0.4 is 19.9 Å². The Bertz CT molecular complexity index is 2210. The van der Waals surface area contributed by atoms with E-state index in [1.165, 1.54) is 4.90 Å². The fourth-order valence-electron chi connectivity index (χ4n) is 7.13. The van der Waals surface area contributed by atoms with Gasteiger partial charge in [-0.2, -0.15) is 4.98 Å². The smallest absolute Gasteiger partial charge is 0.262 e. The van der Waals surface area contributed by atoms with Crippen LogP contribution in [-0.2, 0) is 24.4 Å². The number of aromatic nitrogens is 2. The number of ether oxygens (including phenoxy) is 2. The summed E-state index contributed by atoms with van der Waals surface area (Å²) in [5.74, 6) is 0.0708. The average Bonchev–Trinajstić information content (AvgIpc) is 4.02. The zero-order chi connectivity index (χ0) is 38.9. The molecule has 14 heteroatoms. The van der Waals surface area contributed by atoms with Gasteiger partial charge in [-0.25, -0.2) is 13.4 Å². The average molecular weight is 772 g/mol. The molecule has 3 aliphatic rings. The SMILES string of the molecule is CC(C)Oc1ccc(-c2nc(O[C@@H]3C[C@@H](C(N)=O)N(C(=O)CCCCCC/C=C\[C@@H]4C[C@@H]4C(=O)NS(=O)(=O)C4(C)CC4)C3)c3oc4ccccc4c3n2)cc1. The number of hydrogen-bond acceptors (Lipinski definition) is 10. The fraction of sp³-hybridized carbons (Fsp3) is 0.488. The number of benzene rings is 2. The maximum absolute atomic E-state index is 13.4. The summed E-state index contributed by atoms with van der Waals surface area (Å²) in [5.41, 5.74) is 8.17. The highest BCUT2D eigenvalue weighted by Gasteiger charge is 2.52. The molecular weight excluding hydrogens is 723 g/mol. The molecule has 3 amide bonds. The second kappa shape index (κ2) is 15.6. The molecular formula is C41H49N5O8S. The van der Waals surface area contributed by atoms with Gasteiger partial charge < -0.3 is 24.5 Å². The summed E-state index contributed by atoms with van der Waals surface area (Å²) in [6.45, 7) is 5.79. The minimum absolute atomic E-state index is 0.0365. The van der Waals surface area contributed by atoms with Gasteiger partial charge in [0.05, 0.1) is 17.4 Å². The van der Waals surface area contributed by atoms with Crippen molar-refractivity contribution in [3.63, 3.8) is 0 Å². The quantitative estimate of drug-likeness (QED) is 0.0926. The highest BCUT2D eigenvalue weighted by molar-refractivity contribution is 7.91. The summed E-state index contributed by atoms with van der Waals surface area (Å²) < 4.78 is 44.6. The molecule has 1 aliphatic heterocycles. The van der Waals surface area contributed by atoms with Gasteiger partial charge in [-0.05, 0) is 102 Å². The van der Waals surface area contributed by atoms with E-state index in [2.05, 4.69) is 10.8 Å². The molecule has 4 aromatic rings. The number of nitrogens with one attached hydrogen (secondary N) is 1. The van der Waals surface area contributed by atoms with E-state index in [1.54, 1.807) is 6.92 Å². The van der Waals surface area contributed by atoms with Crippen LogP contribution in [0.2, 0.25) is 0 Å². The van der Waals surface area contributed by atoms with E-state index in [9.17, 15) is 22.8 Å². The number of nitrogens with two attached hydrogens (primary N) is 1. The van der Waals surface area contributed by atoms with Crippen LogP contribution in [0.15, 0.2) is 65.1 Å². The van der Waals surface area contributed by atoms with E-state index in [0.717, 1.165) is 42.4 Å². The number of carbonyl (C=O) groups is 3. The third-order valence-corrected chi connectivity index (χ3v) is 12.9. The Kier molecular flexibility index (Phi) is 10.9. The van der Waals surface area contributed by atoms with Gasteiger partial charge in [0.2, 0.25) is 33.3 Å². The van der Waals surface area contributed by atoms with Crippen molar-refractivity contribution in [2.45, 2.75) is 108 Å². The minimum atomic E-state index is -3.60. The lowest BCUT2D eigenvalue weighted by atomic mass is 10.1. The van der Waals surface area contributed by atoms with Crippen LogP contribution in [0.25, 0.3) is 33.5 Å². The Morgan fingerprint density at radius 3 is 2.51 bits per heavy atom. The molecule has 3 heterocycles. The van der Waals surface area contributed by atoms with Gasteiger partial charge in [-0.3, -0.25) is 19.1 Å². The topological polar surface area (TPSA) is 184 Å². The fourth-order valence-corrected chi connectivity index (χ4v) is 8.43. The zero-order valence-electron chi connectivity index (χ0n) is 31.5. The number of furan rings is 1. The lowest BCUT2D eigenvalue weighted by molar-refractivity contribution is -0.137. The number of allylic oxidation sites excluding steroid dienone is 2. The summed E-state index contributed by atoms with van der Waals surface area (Å²) in [4.78, 5) is 49.5. The maximum Gasteiger partial charge on any atom is 0.262 e. The molecule has 3 N–H and O–H groups in total. The Hall–Kier alpha value is -4.98. The van der Waals surface area contributed by atoms with Gasteiger partial charge in [0.25, 0.3) is 5.88 Å². The minimum Gasteiger partial charge on any atom is -0.491 e. The molecule has 0 spiro atoms. The first-order valence-electron chi connectivity index (χ1n) is 19.3. The molecule has 4 atom stereocenters. The van der Waals surface area contributed by atoms with Gasteiger partial charge in [0, 0.05) is 29.7 Å². The van der Waals surface area contributed by atoms with Crippen molar-refractivity contribution >= 4 is 49.8 Å². The van der Waals surface area contributed by atoms with Crippen molar-refractivity contribution in [2.24, 2.45) is 17.6 Å². The number of likely N-dealkylation sites (tertiary alicyclic amines) is 1. The number of amides is 3. The molecule has 2 aliphatic carbocycles. The Morgan fingerprint density at radius 2 is 1.78 bits per heavy atom. The van der Waals surface area contributed by atoms with Crippen molar-refractivity contribution in [3.05, 3.63) is 60.7 Å². The van der Waals surface area contributed by atoms with E-state index in [1.807, 2.05) is 68.5 Å². The molecule has 1 saturated heterocycles. The zero-order valence-corrected chi connectivity index (χ0v) is 32.3. The molecule has 7 rings (SSSR count). The first-order valence-corrected chi connectivity index (χ1v) is 20.7. The van der Waals surface area contributed by atoms with Gasteiger partial charge in [0.15, 0.2) is 5.82 Å².